The van der Waals surface area contributed by atoms with E-state index in [9.17, 15) is 0 Å². The molecule has 0 aromatic heterocycles. The summed E-state index contributed by atoms with van der Waals surface area (Å²) in [6.07, 6.45) is 4.80. The summed E-state index contributed by atoms with van der Waals surface area (Å²) in [5.74, 6) is 14.1. The normalized spacial score (nSPS) is 3.56. The molecular weight excluding hydrogens is 110 g/mol. The molecule has 0 unspecified atom stereocenters. The Morgan fingerprint density at radius 3 is 2.00 bits per heavy atom. The van der Waals surface area contributed by atoms with E-state index in [0.717, 1.165) is 0 Å². The second kappa shape index (κ2) is 6.20. The van der Waals surface area contributed by atoms with Gasteiger partial charge < -0.3 is 0 Å². The number of hydrogen-bond donors (Lipinski definition) is 1. The van der Waals surface area contributed by atoms with Crippen molar-refractivity contribution in [3.05, 3.63) is 0 Å². The molecule has 0 amide bonds. The van der Waals surface area contributed by atoms with Gasteiger partial charge in [-0.15, -0.1) is 6.42 Å². The van der Waals surface area contributed by atoms with Gasteiger partial charge in [-0.25, -0.2) is 0 Å². The summed E-state index contributed by atoms with van der Waals surface area (Å²) in [7, 11) is 0. The van der Waals surface area contributed by atoms with Gasteiger partial charge in [-0.3, -0.25) is 5.73 Å². The molecule has 0 heterocycles. The minimum Gasteiger partial charge on any atom is -0.280 e. The molecule has 0 saturated carbocycles. The zero-order valence-corrected chi connectivity index (χ0v) is 4.78. The summed E-state index contributed by atoms with van der Waals surface area (Å²) >= 11 is 0. The molecule has 0 aromatic rings. The summed E-state index contributed by atoms with van der Waals surface area (Å²) in [5.41, 5.74) is 3.25. The highest BCUT2D eigenvalue weighted by molar-refractivity contribution is 5.38. The smallest absolute Gasteiger partial charge is 0.146 e. The molecular formula is C8H4N+. The van der Waals surface area contributed by atoms with Crippen LogP contribution in [0.4, 0.5) is 0 Å². The van der Waals surface area contributed by atoms with Crippen molar-refractivity contribution < 1.29 is 5.73 Å². The maximum absolute atomic E-state index is 4.80. The van der Waals surface area contributed by atoms with Crippen molar-refractivity contribution in [2.75, 3.05) is 0 Å². The minimum absolute atomic E-state index is 2.12. The molecule has 0 aromatic carbocycles. The van der Waals surface area contributed by atoms with Crippen LogP contribution in [0.3, 0.4) is 0 Å². The first-order valence-electron chi connectivity index (χ1n) is 2.14. The third kappa shape index (κ3) is 6.20. The summed E-state index contributed by atoms with van der Waals surface area (Å²) in [6, 6.07) is 2.35. The summed E-state index contributed by atoms with van der Waals surface area (Å²) in [4.78, 5) is 0. The van der Waals surface area contributed by atoms with Crippen LogP contribution in [-0.2, 0) is 0 Å². The Hall–Kier alpha value is -1.80. The third-order valence-corrected chi connectivity index (χ3v) is 0.411. The zero-order chi connectivity index (χ0) is 6.95. The lowest BCUT2D eigenvalue weighted by Gasteiger charge is -1.50. The van der Waals surface area contributed by atoms with Crippen molar-refractivity contribution >= 4 is 0 Å². The van der Waals surface area contributed by atoms with Crippen molar-refractivity contribution in [3.8, 4) is 48.0 Å². The van der Waals surface area contributed by atoms with E-state index in [1.807, 2.05) is 0 Å². The standard InChI is InChI=1S/C8H3N/c1-2-3-4-5-6-7-8-9/h1H,9H2/p+1. The van der Waals surface area contributed by atoms with Gasteiger partial charge in [0.05, 0.1) is 0 Å². The van der Waals surface area contributed by atoms with Crippen molar-refractivity contribution in [1.29, 1.82) is 0 Å². The first-order chi connectivity index (χ1) is 4.41. The SMILES string of the molecule is C#CC#CC#CC#C[NH3+]. The lowest BCUT2D eigenvalue weighted by molar-refractivity contribution is -0.247. The van der Waals surface area contributed by atoms with Crippen LogP contribution < -0.4 is 5.73 Å². The Balaban J connectivity index is 3.90. The summed E-state index contributed by atoms with van der Waals surface area (Å²) in [5, 5.41) is 0. The Morgan fingerprint density at radius 2 is 1.44 bits per heavy atom. The van der Waals surface area contributed by atoms with Gasteiger partial charge in [0.15, 0.2) is 0 Å². The highest BCUT2D eigenvalue weighted by Gasteiger charge is 1.52. The molecule has 3 N–H and O–H groups in total. The van der Waals surface area contributed by atoms with Gasteiger partial charge in [0, 0.05) is 17.8 Å². The minimum atomic E-state index is 2.12. The Labute approximate surface area is 54.6 Å². The molecule has 40 valence electrons. The van der Waals surface area contributed by atoms with Gasteiger partial charge in [-0.05, 0) is 17.8 Å². The van der Waals surface area contributed by atoms with Gasteiger partial charge >= 0.3 is 0 Å². The van der Waals surface area contributed by atoms with E-state index in [0.29, 0.717) is 0 Å². The lowest BCUT2D eigenvalue weighted by Crippen LogP contribution is -2.40. The second-order valence-electron chi connectivity index (χ2n) is 0.946. The Morgan fingerprint density at radius 1 is 0.889 bits per heavy atom. The van der Waals surface area contributed by atoms with Crippen molar-refractivity contribution in [1.82, 2.24) is 0 Å². The maximum Gasteiger partial charge on any atom is 0.146 e. The van der Waals surface area contributed by atoms with Crippen LogP contribution in [0.5, 0.6) is 0 Å². The average molecular weight is 114 g/mol. The Bertz CT molecular complexity index is 285. The van der Waals surface area contributed by atoms with Crippen LogP contribution in [0.2, 0.25) is 0 Å². The van der Waals surface area contributed by atoms with Gasteiger partial charge in [-0.1, -0.05) is 0 Å². The fourth-order valence-electron chi connectivity index (χ4n) is 0.174. The van der Waals surface area contributed by atoms with Gasteiger partial charge in [0.1, 0.15) is 6.04 Å². The van der Waals surface area contributed by atoms with Crippen LogP contribution >= 0.6 is 0 Å². The monoisotopic (exact) mass is 114 g/mol. The molecule has 9 heavy (non-hydrogen) atoms. The summed E-state index contributed by atoms with van der Waals surface area (Å²) < 4.78 is 0. The molecule has 0 fully saturated rings. The molecule has 0 bridgehead atoms. The number of hydrogen-bond acceptors (Lipinski definition) is 0. The number of terminal acetylenes is 1. The van der Waals surface area contributed by atoms with E-state index in [-0.39, 0.29) is 0 Å². The predicted octanol–water partition coefficient (Wildman–Crippen LogP) is -1.17. The number of rotatable bonds is 0. The molecule has 0 aliphatic heterocycles. The largest absolute Gasteiger partial charge is 0.280 e. The fraction of sp³-hybridized carbons (Fsp3) is 0. The molecule has 0 rings (SSSR count). The fourth-order valence-corrected chi connectivity index (χ4v) is 0.174. The second-order valence-corrected chi connectivity index (χ2v) is 0.946. The maximum atomic E-state index is 4.80. The van der Waals surface area contributed by atoms with E-state index in [1.165, 1.54) is 0 Å². The average Bonchev–Trinajstić information content (AvgIpc) is 1.89. The van der Waals surface area contributed by atoms with Crippen LogP contribution in [-0.4, -0.2) is 0 Å². The third-order valence-electron chi connectivity index (χ3n) is 0.411. The summed E-state index contributed by atoms with van der Waals surface area (Å²) in [6.45, 7) is 0. The van der Waals surface area contributed by atoms with Crippen molar-refractivity contribution in [3.63, 3.8) is 0 Å². The first-order valence-corrected chi connectivity index (χ1v) is 2.14. The Kier molecular flexibility index (Phi) is 4.96. The van der Waals surface area contributed by atoms with Crippen LogP contribution in [0.25, 0.3) is 0 Å². The molecule has 0 aliphatic carbocycles. The quantitative estimate of drug-likeness (QED) is 0.384. The van der Waals surface area contributed by atoms with Crippen LogP contribution in [0.15, 0.2) is 0 Å². The van der Waals surface area contributed by atoms with E-state index >= 15 is 0 Å². The lowest BCUT2D eigenvalue weighted by atomic mass is 10.5. The van der Waals surface area contributed by atoms with Gasteiger partial charge in [0.2, 0.25) is 0 Å². The predicted molar refractivity (Wildman–Crippen MR) is 35.0 cm³/mol. The molecule has 1 heteroatoms. The molecule has 0 atom stereocenters. The van der Waals surface area contributed by atoms with E-state index in [1.54, 1.807) is 0 Å². The molecule has 0 aliphatic rings. The van der Waals surface area contributed by atoms with Crippen molar-refractivity contribution in [2.45, 2.75) is 0 Å². The van der Waals surface area contributed by atoms with E-state index < -0.39 is 0 Å². The molecule has 0 spiro atoms. The zero-order valence-electron chi connectivity index (χ0n) is 4.78. The van der Waals surface area contributed by atoms with E-state index in [2.05, 4.69) is 47.3 Å². The molecule has 1 nitrogen and oxygen atoms in total. The van der Waals surface area contributed by atoms with E-state index in [4.69, 9.17) is 6.42 Å². The highest BCUT2D eigenvalue weighted by Crippen LogP contribution is 1.50. The van der Waals surface area contributed by atoms with Crippen LogP contribution in [0, 0.1) is 48.0 Å². The first kappa shape index (κ1) is 7.20. The van der Waals surface area contributed by atoms with Gasteiger partial charge in [0.25, 0.3) is 0 Å². The van der Waals surface area contributed by atoms with Gasteiger partial charge in [-0.2, -0.15) is 0 Å². The molecule has 0 radical (unpaired) electrons. The van der Waals surface area contributed by atoms with Crippen LogP contribution in [0.1, 0.15) is 0 Å². The highest BCUT2D eigenvalue weighted by atomic mass is 14.4. The molecule has 0 saturated heterocycles. The topological polar surface area (TPSA) is 27.6 Å². The van der Waals surface area contributed by atoms with Crippen molar-refractivity contribution in [2.24, 2.45) is 0 Å². The number of quaternary nitrogens is 1.